The maximum Gasteiger partial charge on any atom is 0.147 e. The molecule has 0 radical (unpaired) electrons. The Bertz CT molecular complexity index is 2380. The Hall–Kier alpha value is -2.93. The Kier molecular flexibility index (Phi) is 11.8. The van der Waals surface area contributed by atoms with E-state index in [1.807, 2.05) is 34.0 Å². The molecule has 0 saturated carbocycles. The Morgan fingerprint density at radius 3 is 1.60 bits per heavy atom. The smallest absolute Gasteiger partial charge is 0.147 e. The summed E-state index contributed by atoms with van der Waals surface area (Å²) >= 11 is 5.75. The average Bonchev–Trinajstić information content (AvgIpc) is 3.97. The fourth-order valence-electron chi connectivity index (χ4n) is 9.01. The summed E-state index contributed by atoms with van der Waals surface area (Å²) in [6, 6.07) is 12.0. The van der Waals surface area contributed by atoms with Crippen LogP contribution in [0.5, 0.6) is 0 Å². The predicted molar refractivity (Wildman–Crippen MR) is 240 cm³/mol. The van der Waals surface area contributed by atoms with Gasteiger partial charge in [-0.15, -0.1) is 34.0 Å². The fraction of sp³-hybridized carbons (Fsp3) is 0.511. The lowest BCUT2D eigenvalue weighted by Crippen LogP contribution is -2.11. The van der Waals surface area contributed by atoms with Crippen molar-refractivity contribution in [2.24, 2.45) is 0 Å². The largest absolute Gasteiger partial charge is 0.308 e. The molecule has 0 amide bonds. The van der Waals surface area contributed by atoms with E-state index < -0.39 is 0 Å². The van der Waals surface area contributed by atoms with Crippen molar-refractivity contribution in [3.8, 4) is 0 Å². The highest BCUT2D eigenvalue weighted by atomic mass is 32.1. The van der Waals surface area contributed by atoms with Gasteiger partial charge in [-0.25, -0.2) is 4.98 Å². The summed E-state index contributed by atoms with van der Waals surface area (Å²) in [5, 5.41) is 7.40. The molecular weight excluding hydrogens is 703 g/mol. The number of hydrogen-bond acceptors (Lipinski definition) is 4. The first-order valence-electron chi connectivity index (χ1n) is 21.2. The summed E-state index contributed by atoms with van der Waals surface area (Å²) in [6.07, 6.45) is 30.0. The lowest BCUT2D eigenvalue weighted by molar-refractivity contribution is 0.557. The van der Waals surface area contributed by atoms with Crippen LogP contribution in [0, 0.1) is 0 Å². The van der Waals surface area contributed by atoms with Crippen molar-refractivity contribution in [1.82, 2.24) is 13.8 Å². The molecule has 0 fully saturated rings. The molecule has 0 saturated heterocycles. The maximum atomic E-state index is 5.29. The van der Waals surface area contributed by atoms with E-state index >= 15 is 0 Å². The Labute approximate surface area is 327 Å². The van der Waals surface area contributed by atoms with Gasteiger partial charge in [0.2, 0.25) is 0 Å². The van der Waals surface area contributed by atoms with Gasteiger partial charge < -0.3 is 4.40 Å². The highest BCUT2D eigenvalue weighted by Gasteiger charge is 2.22. The number of fused-ring (bicyclic) bond motifs is 8. The van der Waals surface area contributed by atoms with Gasteiger partial charge in [-0.3, -0.25) is 4.40 Å². The lowest BCUT2D eigenvalue weighted by atomic mass is 10.0. The molecule has 0 N–H and O–H groups in total. The Morgan fingerprint density at radius 1 is 0.509 bits per heavy atom. The molecule has 0 spiro atoms. The molecule has 53 heavy (non-hydrogen) atoms. The third kappa shape index (κ3) is 7.30. The Morgan fingerprint density at radius 2 is 1.00 bits per heavy atom. The van der Waals surface area contributed by atoms with Crippen LogP contribution in [-0.4, -0.2) is 13.8 Å². The van der Waals surface area contributed by atoms with E-state index in [1.54, 1.807) is 0 Å². The van der Waals surface area contributed by atoms with Crippen molar-refractivity contribution in [3.63, 3.8) is 0 Å². The normalized spacial score (nSPS) is 12.6. The van der Waals surface area contributed by atoms with Crippen molar-refractivity contribution < 1.29 is 0 Å². The zero-order valence-corrected chi connectivity index (χ0v) is 34.9. The maximum absolute atomic E-state index is 5.29. The number of imidazole rings is 1. The molecule has 0 aliphatic heterocycles. The third-order valence-electron chi connectivity index (χ3n) is 11.9. The second kappa shape index (κ2) is 16.8. The average molecular weight is 762 g/mol. The van der Waals surface area contributed by atoms with Gasteiger partial charge in [0, 0.05) is 31.3 Å². The summed E-state index contributed by atoms with van der Waals surface area (Å²) in [5.41, 5.74) is 4.88. The van der Waals surface area contributed by atoms with Crippen LogP contribution in [-0.2, 0) is 12.8 Å². The lowest BCUT2D eigenvalue weighted by Gasteiger charge is -2.08. The van der Waals surface area contributed by atoms with Gasteiger partial charge in [0.05, 0.1) is 41.3 Å². The van der Waals surface area contributed by atoms with Gasteiger partial charge in [-0.05, 0) is 49.9 Å². The van der Waals surface area contributed by atoms with E-state index in [0.29, 0.717) is 0 Å². The van der Waals surface area contributed by atoms with E-state index in [9.17, 15) is 0 Å². The number of aromatic nitrogens is 3. The molecule has 0 bridgehead atoms. The van der Waals surface area contributed by atoms with Crippen molar-refractivity contribution in [2.75, 3.05) is 0 Å². The van der Waals surface area contributed by atoms with Crippen LogP contribution in [0.4, 0.5) is 0 Å². The van der Waals surface area contributed by atoms with Crippen LogP contribution >= 0.6 is 34.0 Å². The molecule has 0 unspecified atom stereocenters. The van der Waals surface area contributed by atoms with E-state index in [1.165, 1.54) is 197 Å². The summed E-state index contributed by atoms with van der Waals surface area (Å²) in [5.74, 6) is 0. The van der Waals surface area contributed by atoms with Crippen molar-refractivity contribution in [2.45, 2.75) is 155 Å². The first-order chi connectivity index (χ1) is 26.1. The van der Waals surface area contributed by atoms with Crippen molar-refractivity contribution in [3.05, 3.63) is 50.8 Å². The second-order valence-electron chi connectivity index (χ2n) is 15.9. The number of aryl methyl sites for hydroxylation is 2. The minimum absolute atomic E-state index is 1.05. The number of benzene rings is 1. The van der Waals surface area contributed by atoms with Gasteiger partial charge in [0.1, 0.15) is 10.5 Å². The van der Waals surface area contributed by atoms with Crippen molar-refractivity contribution >= 4 is 110 Å². The van der Waals surface area contributed by atoms with Gasteiger partial charge in [-0.2, -0.15) is 0 Å². The zero-order chi connectivity index (χ0) is 36.3. The van der Waals surface area contributed by atoms with Crippen LogP contribution in [0.15, 0.2) is 30.3 Å². The van der Waals surface area contributed by atoms with E-state index in [4.69, 9.17) is 18.1 Å². The molecule has 7 aromatic heterocycles. The van der Waals surface area contributed by atoms with E-state index in [-0.39, 0.29) is 0 Å². The number of unbranched alkanes of at least 4 members (excludes halogenated alkanes) is 18. The minimum Gasteiger partial charge on any atom is -0.308 e. The topological polar surface area (TPSA) is 21.7 Å². The molecule has 3 nitrogen and oxygen atoms in total. The summed E-state index contributed by atoms with van der Waals surface area (Å²) in [6.45, 7) is 14.1. The molecule has 6 heteroatoms. The molecule has 0 aliphatic carbocycles. The monoisotopic (exact) mass is 761 g/mol. The molecule has 1 aromatic carbocycles. The number of rotatable bonds is 22. The number of nitrogens with zero attached hydrogens (tertiary/aromatic N) is 3. The van der Waals surface area contributed by atoms with Crippen LogP contribution in [0.25, 0.3) is 75.8 Å². The van der Waals surface area contributed by atoms with Crippen LogP contribution in [0.3, 0.4) is 0 Å². The number of thiophene rings is 3. The first kappa shape index (κ1) is 37.0. The quantitative estimate of drug-likeness (QED) is 0.0498. The first-order valence-corrected chi connectivity index (χ1v) is 23.7. The zero-order valence-electron chi connectivity index (χ0n) is 32.4. The number of pyridine rings is 2. The summed E-state index contributed by atoms with van der Waals surface area (Å²) < 4.78 is 8.74. The van der Waals surface area contributed by atoms with E-state index in [0.717, 1.165) is 27.6 Å². The minimum atomic E-state index is 1.05. The standard InChI is InChI=1S/C47H59N3S3/c1-5-7-9-11-13-15-17-19-21-23-25-34-29-39-41(51-34)31-38-36-27-28-37-43-42(36)44(32(3)49(38)39)53-45(43)33(4)50-40-30-35(52-47(40)48-46(37)50)26-24-22-20-18-16-14-12-10-8-6-2/h27-31H,3-26H2,1-2H3. The third-order valence-corrected chi connectivity index (χ3v) is 15.4. The highest BCUT2D eigenvalue weighted by molar-refractivity contribution is 7.26. The van der Waals surface area contributed by atoms with Gasteiger partial charge in [0.15, 0.2) is 0 Å². The molecule has 7 heterocycles. The van der Waals surface area contributed by atoms with Gasteiger partial charge in [-0.1, -0.05) is 149 Å². The summed E-state index contributed by atoms with van der Waals surface area (Å²) in [7, 11) is 0. The van der Waals surface area contributed by atoms with Crippen LogP contribution < -0.4 is 10.7 Å². The molecule has 280 valence electrons. The van der Waals surface area contributed by atoms with Crippen LogP contribution in [0.1, 0.15) is 152 Å². The predicted octanol–water partition coefficient (Wildman–Crippen LogP) is 14.7. The summed E-state index contributed by atoms with van der Waals surface area (Å²) in [4.78, 5) is 9.41. The van der Waals surface area contributed by atoms with Crippen LogP contribution in [0.2, 0.25) is 0 Å². The van der Waals surface area contributed by atoms with Crippen molar-refractivity contribution in [1.29, 1.82) is 0 Å². The van der Waals surface area contributed by atoms with E-state index in [2.05, 4.69) is 53.0 Å². The number of hydrogen-bond donors (Lipinski definition) is 0. The van der Waals surface area contributed by atoms with Gasteiger partial charge >= 0.3 is 0 Å². The van der Waals surface area contributed by atoms with Gasteiger partial charge in [0.25, 0.3) is 0 Å². The molecule has 8 rings (SSSR count). The fourth-order valence-corrected chi connectivity index (χ4v) is 12.4. The second-order valence-corrected chi connectivity index (χ2v) is 19.2. The molecule has 8 aromatic rings. The molecule has 0 atom stereocenters. The highest BCUT2D eigenvalue weighted by Crippen LogP contribution is 2.43. The molecule has 0 aliphatic rings. The SMILES string of the molecule is C=c1c2sc3c(=C)n4c5cc(CCCCCCCCCCCC)sc5nc4c4ccc(c2c34)c2cc3sc(CCCCCCCCCCCC)cc3n12. The molecular formula is C47H59N3S3. The Balaban J connectivity index is 0.994.